The lowest BCUT2D eigenvalue weighted by atomic mass is 9.97. The monoisotopic (exact) mass is 350 g/mol. The van der Waals surface area contributed by atoms with Crippen molar-refractivity contribution in [1.82, 2.24) is 0 Å². The molecule has 132 valence electrons. The summed E-state index contributed by atoms with van der Waals surface area (Å²) in [6.45, 7) is 2.58. The van der Waals surface area contributed by atoms with Gasteiger partial charge in [0, 0.05) is 18.3 Å². The number of benzene rings is 2. The smallest absolute Gasteiger partial charge is 0.336 e. The van der Waals surface area contributed by atoms with Crippen LogP contribution in [0, 0.1) is 10.1 Å². The summed E-state index contributed by atoms with van der Waals surface area (Å²) in [6.07, 6.45) is -2.08. The van der Waals surface area contributed by atoms with Crippen molar-refractivity contribution in [3.63, 3.8) is 0 Å². The van der Waals surface area contributed by atoms with E-state index in [1.54, 1.807) is 4.90 Å². The van der Waals surface area contributed by atoms with E-state index in [1.165, 1.54) is 11.6 Å². The Balaban J connectivity index is 2.10. The largest absolute Gasteiger partial charge is 0.416 e. The summed E-state index contributed by atoms with van der Waals surface area (Å²) in [5.74, 6) is 0. The maximum absolute atomic E-state index is 12.9. The van der Waals surface area contributed by atoms with Gasteiger partial charge in [-0.2, -0.15) is 13.2 Å². The predicted molar refractivity (Wildman–Crippen MR) is 89.2 cm³/mol. The first kappa shape index (κ1) is 17.3. The van der Waals surface area contributed by atoms with Crippen molar-refractivity contribution in [3.05, 3.63) is 63.2 Å². The SMILES string of the molecule is CCc1ccc2c(c1)CCCN2c1ccc(C(F)(F)F)cc1[N+](=O)[O-]. The van der Waals surface area contributed by atoms with Crippen LogP contribution in [0.25, 0.3) is 0 Å². The fourth-order valence-electron chi connectivity index (χ4n) is 3.19. The number of fused-ring (bicyclic) bond motifs is 1. The normalized spacial score (nSPS) is 14.3. The number of hydrogen-bond acceptors (Lipinski definition) is 3. The first-order valence-corrected chi connectivity index (χ1v) is 8.06. The average molecular weight is 350 g/mol. The highest BCUT2D eigenvalue weighted by atomic mass is 19.4. The summed E-state index contributed by atoms with van der Waals surface area (Å²) in [5.41, 5.74) is 1.72. The van der Waals surface area contributed by atoms with Crippen molar-refractivity contribution in [2.45, 2.75) is 32.4 Å². The van der Waals surface area contributed by atoms with Gasteiger partial charge in [0.1, 0.15) is 5.69 Å². The minimum Gasteiger partial charge on any atom is -0.336 e. The third-order valence-electron chi connectivity index (χ3n) is 4.46. The predicted octanol–water partition coefficient (Wildman–Crippen LogP) is 5.26. The van der Waals surface area contributed by atoms with E-state index in [-0.39, 0.29) is 5.69 Å². The Morgan fingerprint density at radius 1 is 1.16 bits per heavy atom. The Hall–Kier alpha value is -2.57. The van der Waals surface area contributed by atoms with Gasteiger partial charge in [-0.3, -0.25) is 10.1 Å². The molecular weight excluding hydrogens is 333 g/mol. The highest BCUT2D eigenvalue weighted by Crippen LogP contribution is 2.41. The Bertz CT molecular complexity index is 818. The maximum Gasteiger partial charge on any atom is 0.416 e. The molecule has 1 aliphatic heterocycles. The standard InChI is InChI=1S/C18H17F3N2O2/c1-2-12-5-7-15-13(10-12)4-3-9-22(15)16-8-6-14(18(19,20)21)11-17(16)23(24)25/h5-8,10-11H,2-4,9H2,1H3. The lowest BCUT2D eigenvalue weighted by Gasteiger charge is -2.31. The first-order chi connectivity index (χ1) is 11.8. The Labute approximate surface area is 143 Å². The molecule has 0 radical (unpaired) electrons. The minimum atomic E-state index is -4.61. The van der Waals surface area contributed by atoms with Gasteiger partial charge in [-0.25, -0.2) is 0 Å². The fraction of sp³-hybridized carbons (Fsp3) is 0.333. The van der Waals surface area contributed by atoms with Gasteiger partial charge in [-0.05, 0) is 48.6 Å². The van der Waals surface area contributed by atoms with Crippen LogP contribution < -0.4 is 4.90 Å². The summed E-state index contributed by atoms with van der Waals surface area (Å²) in [5, 5.41) is 11.4. The van der Waals surface area contributed by atoms with E-state index in [0.717, 1.165) is 36.6 Å². The van der Waals surface area contributed by atoms with Gasteiger partial charge in [-0.1, -0.05) is 19.1 Å². The molecule has 0 aliphatic carbocycles. The molecule has 0 N–H and O–H groups in total. The molecule has 0 amide bonds. The molecule has 0 spiro atoms. The highest BCUT2D eigenvalue weighted by molar-refractivity contribution is 5.75. The van der Waals surface area contributed by atoms with Crippen molar-refractivity contribution >= 4 is 17.1 Å². The van der Waals surface area contributed by atoms with E-state index in [0.29, 0.717) is 12.6 Å². The van der Waals surface area contributed by atoms with E-state index >= 15 is 0 Å². The summed E-state index contributed by atoms with van der Waals surface area (Å²) >= 11 is 0. The molecule has 4 nitrogen and oxygen atoms in total. The molecule has 1 heterocycles. The van der Waals surface area contributed by atoms with Crippen LogP contribution in [-0.4, -0.2) is 11.5 Å². The Kier molecular flexibility index (Phi) is 4.41. The van der Waals surface area contributed by atoms with Crippen molar-refractivity contribution in [2.24, 2.45) is 0 Å². The number of hydrogen-bond donors (Lipinski definition) is 0. The molecule has 0 bridgehead atoms. The summed E-state index contributed by atoms with van der Waals surface area (Å²) in [6, 6.07) is 8.63. The van der Waals surface area contributed by atoms with Gasteiger partial charge in [0.2, 0.25) is 0 Å². The molecule has 2 aromatic rings. The second kappa shape index (κ2) is 6.38. The van der Waals surface area contributed by atoms with Crippen LogP contribution in [0.2, 0.25) is 0 Å². The molecule has 3 rings (SSSR count). The van der Waals surface area contributed by atoms with Crippen molar-refractivity contribution in [1.29, 1.82) is 0 Å². The summed E-state index contributed by atoms with van der Waals surface area (Å²) in [7, 11) is 0. The molecule has 1 aliphatic rings. The number of rotatable bonds is 3. The Morgan fingerprint density at radius 2 is 1.88 bits per heavy atom. The zero-order valence-corrected chi connectivity index (χ0v) is 13.6. The van der Waals surface area contributed by atoms with Crippen LogP contribution >= 0.6 is 0 Å². The average Bonchev–Trinajstić information content (AvgIpc) is 2.59. The zero-order chi connectivity index (χ0) is 18.2. The molecular formula is C18H17F3N2O2. The van der Waals surface area contributed by atoms with Gasteiger partial charge in [0.05, 0.1) is 10.5 Å². The lowest BCUT2D eigenvalue weighted by molar-refractivity contribution is -0.384. The minimum absolute atomic E-state index is 0.197. The molecule has 0 saturated heterocycles. The third-order valence-corrected chi connectivity index (χ3v) is 4.46. The molecule has 2 aromatic carbocycles. The van der Waals surface area contributed by atoms with Crippen LogP contribution in [0.15, 0.2) is 36.4 Å². The molecule has 0 atom stereocenters. The summed E-state index contributed by atoms with van der Waals surface area (Å²) in [4.78, 5) is 12.4. The van der Waals surface area contributed by atoms with Crippen LogP contribution in [0.1, 0.15) is 30.0 Å². The lowest BCUT2D eigenvalue weighted by Crippen LogP contribution is -2.25. The fourth-order valence-corrected chi connectivity index (χ4v) is 3.19. The number of nitro benzene ring substituents is 1. The third kappa shape index (κ3) is 3.31. The van der Waals surface area contributed by atoms with E-state index in [1.807, 2.05) is 19.1 Å². The van der Waals surface area contributed by atoms with Crippen molar-refractivity contribution < 1.29 is 18.1 Å². The van der Waals surface area contributed by atoms with E-state index in [4.69, 9.17) is 0 Å². The van der Waals surface area contributed by atoms with Gasteiger partial charge in [0.15, 0.2) is 0 Å². The van der Waals surface area contributed by atoms with Crippen LogP contribution in [0.3, 0.4) is 0 Å². The van der Waals surface area contributed by atoms with Crippen molar-refractivity contribution in [2.75, 3.05) is 11.4 Å². The van der Waals surface area contributed by atoms with Crippen LogP contribution in [-0.2, 0) is 19.0 Å². The number of alkyl halides is 3. The van der Waals surface area contributed by atoms with E-state index in [2.05, 4.69) is 6.07 Å². The topological polar surface area (TPSA) is 46.4 Å². The highest BCUT2D eigenvalue weighted by Gasteiger charge is 2.34. The number of anilines is 2. The van der Waals surface area contributed by atoms with Crippen LogP contribution in [0.5, 0.6) is 0 Å². The summed E-state index contributed by atoms with van der Waals surface area (Å²) < 4.78 is 38.7. The van der Waals surface area contributed by atoms with Crippen LogP contribution in [0.4, 0.5) is 30.2 Å². The molecule has 0 fully saturated rings. The maximum atomic E-state index is 12.9. The van der Waals surface area contributed by atoms with E-state index in [9.17, 15) is 23.3 Å². The Morgan fingerprint density at radius 3 is 2.52 bits per heavy atom. The number of halogens is 3. The molecule has 7 heteroatoms. The molecule has 25 heavy (non-hydrogen) atoms. The van der Waals surface area contributed by atoms with Gasteiger partial charge in [-0.15, -0.1) is 0 Å². The number of nitrogens with zero attached hydrogens (tertiary/aromatic N) is 2. The van der Waals surface area contributed by atoms with E-state index < -0.39 is 22.4 Å². The quantitative estimate of drug-likeness (QED) is 0.560. The zero-order valence-electron chi connectivity index (χ0n) is 13.6. The molecule has 0 aromatic heterocycles. The first-order valence-electron chi connectivity index (χ1n) is 8.06. The van der Waals surface area contributed by atoms with Gasteiger partial charge in [0.25, 0.3) is 5.69 Å². The second-order valence-electron chi connectivity index (χ2n) is 6.03. The molecule has 0 unspecified atom stereocenters. The van der Waals surface area contributed by atoms with Gasteiger partial charge < -0.3 is 4.90 Å². The molecule has 0 saturated carbocycles. The second-order valence-corrected chi connectivity index (χ2v) is 6.03. The van der Waals surface area contributed by atoms with Crippen molar-refractivity contribution in [3.8, 4) is 0 Å². The number of aryl methyl sites for hydroxylation is 2. The van der Waals surface area contributed by atoms with Gasteiger partial charge >= 0.3 is 6.18 Å². The number of nitro groups is 1.